The Balaban J connectivity index is 1.47. The van der Waals surface area contributed by atoms with Crippen LogP contribution in [0.1, 0.15) is 40.9 Å². The normalized spacial score (nSPS) is 19.8. The van der Waals surface area contributed by atoms with E-state index in [9.17, 15) is 4.79 Å². The van der Waals surface area contributed by atoms with Crippen LogP contribution in [-0.2, 0) is 12.8 Å². The molecule has 1 aliphatic carbocycles. The van der Waals surface area contributed by atoms with Gasteiger partial charge in [0.15, 0.2) is 0 Å². The first kappa shape index (κ1) is 15.5. The first-order chi connectivity index (χ1) is 11.8. The van der Waals surface area contributed by atoms with Gasteiger partial charge in [-0.15, -0.1) is 0 Å². The molecule has 1 aliphatic heterocycles. The lowest BCUT2D eigenvalue weighted by molar-refractivity contribution is 0.102. The summed E-state index contributed by atoms with van der Waals surface area (Å²) in [4.78, 5) is 16.7. The van der Waals surface area contributed by atoms with Crippen LogP contribution >= 0.6 is 11.8 Å². The molecule has 1 amide bonds. The van der Waals surface area contributed by atoms with Gasteiger partial charge in [0.1, 0.15) is 6.10 Å². The zero-order chi connectivity index (χ0) is 16.4. The molecule has 1 atom stereocenters. The number of thioether (sulfide) groups is 1. The van der Waals surface area contributed by atoms with E-state index in [1.807, 2.05) is 11.8 Å². The van der Waals surface area contributed by atoms with Gasteiger partial charge in [-0.1, -0.05) is 5.16 Å². The second-order valence-corrected chi connectivity index (χ2v) is 7.23. The molecule has 0 bridgehead atoms. The Labute approximate surface area is 144 Å². The third-order valence-electron chi connectivity index (χ3n) is 4.36. The van der Waals surface area contributed by atoms with Gasteiger partial charge in [-0.3, -0.25) is 10.1 Å². The number of carbonyl (C=O) groups excluding carboxylic acids is 1. The van der Waals surface area contributed by atoms with Gasteiger partial charge in [0, 0.05) is 29.1 Å². The molecule has 3 heterocycles. The Kier molecular flexibility index (Phi) is 4.42. The predicted octanol–water partition coefficient (Wildman–Crippen LogP) is 3.09. The van der Waals surface area contributed by atoms with Gasteiger partial charge in [-0.25, -0.2) is 4.98 Å². The summed E-state index contributed by atoms with van der Waals surface area (Å²) in [6.45, 7) is 0. The Morgan fingerprint density at radius 3 is 3.17 bits per heavy atom. The molecule has 2 aliphatic rings. The van der Waals surface area contributed by atoms with Crippen LogP contribution in [0.15, 0.2) is 22.9 Å². The molecular formula is C17H19N3O3S. The molecule has 0 saturated carbocycles. The molecule has 1 saturated heterocycles. The lowest BCUT2D eigenvalue weighted by Gasteiger charge is -2.12. The second kappa shape index (κ2) is 6.84. The molecular weight excluding hydrogens is 326 g/mol. The molecule has 1 fully saturated rings. The number of nitrogens with one attached hydrogen (secondary N) is 1. The minimum Gasteiger partial charge on any atom is -0.473 e. The van der Waals surface area contributed by atoms with E-state index >= 15 is 0 Å². The summed E-state index contributed by atoms with van der Waals surface area (Å²) in [5, 5.41) is 6.89. The standard InChI is InChI=1S/C17H19N3O3S/c21-16(19-17-13-3-1-2-4-14(13)20-23-17)11-5-7-18-15(9-11)22-12-6-8-24-10-12/h5,7,9,12H,1-4,6,8,10H2,(H,19,21). The zero-order valence-corrected chi connectivity index (χ0v) is 14.1. The number of carbonyl (C=O) groups is 1. The van der Waals surface area contributed by atoms with Gasteiger partial charge >= 0.3 is 0 Å². The number of nitrogens with zero attached hydrogens (tertiary/aromatic N) is 2. The fourth-order valence-electron chi connectivity index (χ4n) is 3.06. The highest BCUT2D eigenvalue weighted by Gasteiger charge is 2.22. The molecule has 24 heavy (non-hydrogen) atoms. The highest BCUT2D eigenvalue weighted by atomic mass is 32.2. The summed E-state index contributed by atoms with van der Waals surface area (Å²) in [6.07, 6.45) is 6.85. The fourth-order valence-corrected chi connectivity index (χ4v) is 4.15. The van der Waals surface area contributed by atoms with Gasteiger partial charge < -0.3 is 9.26 Å². The van der Waals surface area contributed by atoms with Gasteiger partial charge in [-0.05, 0) is 43.9 Å². The average molecular weight is 345 g/mol. The minimum absolute atomic E-state index is 0.183. The molecule has 4 rings (SSSR count). The SMILES string of the molecule is O=C(Nc1onc2c1CCCC2)c1ccnc(OC2CCSC2)c1. The fraction of sp³-hybridized carbons (Fsp3) is 0.471. The van der Waals surface area contributed by atoms with E-state index in [4.69, 9.17) is 9.26 Å². The van der Waals surface area contributed by atoms with Crippen molar-refractivity contribution in [2.75, 3.05) is 16.8 Å². The molecule has 1 unspecified atom stereocenters. The van der Waals surface area contributed by atoms with Crippen molar-refractivity contribution in [2.45, 2.75) is 38.2 Å². The van der Waals surface area contributed by atoms with Crippen LogP contribution in [0.5, 0.6) is 5.88 Å². The number of amides is 1. The van der Waals surface area contributed by atoms with E-state index in [1.54, 1.807) is 18.3 Å². The van der Waals surface area contributed by atoms with Crippen LogP contribution in [0, 0.1) is 0 Å². The number of aryl methyl sites for hydroxylation is 1. The zero-order valence-electron chi connectivity index (χ0n) is 13.3. The third kappa shape index (κ3) is 3.26. The highest BCUT2D eigenvalue weighted by molar-refractivity contribution is 7.99. The van der Waals surface area contributed by atoms with E-state index in [2.05, 4.69) is 15.5 Å². The predicted molar refractivity (Wildman–Crippen MR) is 91.7 cm³/mol. The van der Waals surface area contributed by atoms with Gasteiger partial charge in [0.2, 0.25) is 11.8 Å². The summed E-state index contributed by atoms with van der Waals surface area (Å²) < 4.78 is 11.2. The van der Waals surface area contributed by atoms with Crippen molar-refractivity contribution in [1.82, 2.24) is 10.1 Å². The van der Waals surface area contributed by atoms with Crippen LogP contribution in [0.25, 0.3) is 0 Å². The first-order valence-electron chi connectivity index (χ1n) is 8.29. The molecule has 7 heteroatoms. The number of rotatable bonds is 4. The maximum absolute atomic E-state index is 12.5. The van der Waals surface area contributed by atoms with E-state index < -0.39 is 0 Å². The van der Waals surface area contributed by atoms with Crippen molar-refractivity contribution in [2.24, 2.45) is 0 Å². The van der Waals surface area contributed by atoms with Crippen molar-refractivity contribution in [3.8, 4) is 5.88 Å². The van der Waals surface area contributed by atoms with Crippen LogP contribution in [-0.4, -0.2) is 33.7 Å². The number of aromatic nitrogens is 2. The summed E-state index contributed by atoms with van der Waals surface area (Å²) in [5.74, 6) is 2.83. The largest absolute Gasteiger partial charge is 0.473 e. The highest BCUT2D eigenvalue weighted by Crippen LogP contribution is 2.28. The quantitative estimate of drug-likeness (QED) is 0.917. The van der Waals surface area contributed by atoms with Gasteiger partial charge in [-0.2, -0.15) is 11.8 Å². The molecule has 0 radical (unpaired) electrons. The second-order valence-electron chi connectivity index (χ2n) is 6.08. The van der Waals surface area contributed by atoms with Crippen molar-refractivity contribution >= 4 is 23.6 Å². The number of anilines is 1. The summed E-state index contributed by atoms with van der Waals surface area (Å²) in [6, 6.07) is 3.36. The Morgan fingerprint density at radius 2 is 2.29 bits per heavy atom. The van der Waals surface area contributed by atoms with Crippen molar-refractivity contribution in [1.29, 1.82) is 0 Å². The van der Waals surface area contributed by atoms with E-state index in [1.165, 1.54) is 0 Å². The van der Waals surface area contributed by atoms with Gasteiger partial charge in [0.25, 0.3) is 5.91 Å². The smallest absolute Gasteiger partial charge is 0.258 e. The van der Waals surface area contributed by atoms with Gasteiger partial charge in [0.05, 0.1) is 5.69 Å². The molecule has 0 aromatic carbocycles. The monoisotopic (exact) mass is 345 g/mol. The van der Waals surface area contributed by atoms with Crippen molar-refractivity contribution in [3.05, 3.63) is 35.2 Å². The minimum atomic E-state index is -0.229. The number of ether oxygens (including phenoxy) is 1. The summed E-state index contributed by atoms with van der Waals surface area (Å²) in [7, 11) is 0. The van der Waals surface area contributed by atoms with Crippen LogP contribution in [0.4, 0.5) is 5.88 Å². The average Bonchev–Trinajstić information content (AvgIpc) is 3.25. The molecule has 2 aromatic rings. The summed E-state index contributed by atoms with van der Waals surface area (Å²) >= 11 is 1.88. The molecule has 2 aromatic heterocycles. The van der Waals surface area contributed by atoms with Crippen LogP contribution < -0.4 is 10.1 Å². The summed E-state index contributed by atoms with van der Waals surface area (Å²) in [5.41, 5.74) is 2.50. The number of hydrogen-bond donors (Lipinski definition) is 1. The van der Waals surface area contributed by atoms with Crippen LogP contribution in [0.3, 0.4) is 0 Å². The van der Waals surface area contributed by atoms with E-state index in [0.717, 1.165) is 54.9 Å². The van der Waals surface area contributed by atoms with E-state index in [-0.39, 0.29) is 12.0 Å². The topological polar surface area (TPSA) is 77.3 Å². The van der Waals surface area contributed by atoms with E-state index in [0.29, 0.717) is 17.3 Å². The lowest BCUT2D eigenvalue weighted by atomic mass is 9.98. The Hall–Kier alpha value is -2.02. The maximum Gasteiger partial charge on any atom is 0.258 e. The van der Waals surface area contributed by atoms with Crippen LogP contribution in [0.2, 0.25) is 0 Å². The van der Waals surface area contributed by atoms with Crippen molar-refractivity contribution < 1.29 is 14.1 Å². The Morgan fingerprint density at radius 1 is 1.38 bits per heavy atom. The number of hydrogen-bond acceptors (Lipinski definition) is 6. The molecule has 0 spiro atoms. The number of pyridine rings is 1. The Bertz CT molecular complexity index is 740. The maximum atomic E-state index is 12.5. The molecule has 126 valence electrons. The number of fused-ring (bicyclic) bond motifs is 1. The molecule has 1 N–H and O–H groups in total. The third-order valence-corrected chi connectivity index (χ3v) is 5.49. The lowest BCUT2D eigenvalue weighted by Crippen LogP contribution is -2.17. The van der Waals surface area contributed by atoms with Crippen molar-refractivity contribution in [3.63, 3.8) is 0 Å². The first-order valence-corrected chi connectivity index (χ1v) is 9.44. The molecule has 6 nitrogen and oxygen atoms in total.